The van der Waals surface area contributed by atoms with E-state index in [2.05, 4.69) is 32.9 Å². The molecule has 15 heavy (non-hydrogen) atoms. The van der Waals surface area contributed by atoms with Gasteiger partial charge in [-0.1, -0.05) is 11.3 Å². The maximum Gasteiger partial charge on any atom is 0.134 e. The maximum absolute atomic E-state index is 5.57. The Bertz CT molecular complexity index is 455. The fourth-order valence-electron chi connectivity index (χ4n) is 1.18. The summed E-state index contributed by atoms with van der Waals surface area (Å²) in [6.45, 7) is 0.452. The number of rotatable bonds is 3. The lowest BCUT2D eigenvalue weighted by Crippen LogP contribution is -1.95. The zero-order valence-corrected chi connectivity index (χ0v) is 10.4. The molecular formula is C10H10IN3O. The number of hydrogen-bond acceptors (Lipinski definition) is 3. The molecule has 0 aliphatic rings. The largest absolute Gasteiger partial charge is 0.487 e. The van der Waals surface area contributed by atoms with Gasteiger partial charge in [0.25, 0.3) is 0 Å². The molecule has 0 aliphatic carbocycles. The lowest BCUT2D eigenvalue weighted by Gasteiger charge is -2.03. The normalized spacial score (nSPS) is 10.3. The van der Waals surface area contributed by atoms with Gasteiger partial charge in [-0.2, -0.15) is 0 Å². The van der Waals surface area contributed by atoms with Crippen LogP contribution in [-0.4, -0.2) is 15.0 Å². The van der Waals surface area contributed by atoms with Crippen LogP contribution < -0.4 is 4.74 Å². The van der Waals surface area contributed by atoms with Gasteiger partial charge in [-0.25, -0.2) is 0 Å². The van der Waals surface area contributed by atoms with Crippen molar-refractivity contribution in [2.24, 2.45) is 7.05 Å². The van der Waals surface area contributed by atoms with E-state index in [1.54, 1.807) is 4.68 Å². The first-order valence-corrected chi connectivity index (χ1v) is 5.55. The lowest BCUT2D eigenvalue weighted by atomic mass is 10.3. The number of aromatic nitrogens is 3. The molecule has 0 spiro atoms. The Morgan fingerprint density at radius 3 is 3.00 bits per heavy atom. The van der Waals surface area contributed by atoms with Gasteiger partial charge in [0, 0.05) is 10.6 Å². The lowest BCUT2D eigenvalue weighted by molar-refractivity contribution is 0.301. The number of nitrogens with zero attached hydrogens (tertiary/aromatic N) is 3. The molecule has 1 aromatic heterocycles. The summed E-state index contributed by atoms with van der Waals surface area (Å²) in [4.78, 5) is 0. The zero-order valence-electron chi connectivity index (χ0n) is 8.22. The summed E-state index contributed by atoms with van der Waals surface area (Å²) < 4.78 is 8.38. The van der Waals surface area contributed by atoms with Crippen molar-refractivity contribution in [1.82, 2.24) is 15.0 Å². The molecule has 0 atom stereocenters. The highest BCUT2D eigenvalue weighted by Gasteiger charge is 1.99. The molecule has 0 aliphatic heterocycles. The molecule has 0 bridgehead atoms. The summed E-state index contributed by atoms with van der Waals surface area (Å²) in [6.07, 6.45) is 1.84. The molecule has 0 unspecified atom stereocenters. The minimum absolute atomic E-state index is 0.452. The van der Waals surface area contributed by atoms with Crippen LogP contribution in [0.1, 0.15) is 5.69 Å². The Morgan fingerprint density at radius 2 is 2.33 bits per heavy atom. The maximum atomic E-state index is 5.57. The molecular weight excluding hydrogens is 305 g/mol. The molecule has 0 saturated heterocycles. The first-order chi connectivity index (χ1) is 7.24. The van der Waals surface area contributed by atoms with E-state index in [9.17, 15) is 0 Å². The highest BCUT2D eigenvalue weighted by Crippen LogP contribution is 2.15. The number of aryl methyl sites for hydroxylation is 1. The third-order valence-corrected chi connectivity index (χ3v) is 2.50. The SMILES string of the molecule is Cn1cc(COc2cccc(I)c2)nn1. The van der Waals surface area contributed by atoms with Crippen molar-refractivity contribution in [3.8, 4) is 5.75 Å². The van der Waals surface area contributed by atoms with Gasteiger partial charge < -0.3 is 4.74 Å². The molecule has 0 fully saturated rings. The fourth-order valence-corrected chi connectivity index (χ4v) is 1.69. The van der Waals surface area contributed by atoms with Gasteiger partial charge in [0.15, 0.2) is 0 Å². The van der Waals surface area contributed by atoms with Crippen molar-refractivity contribution in [3.05, 3.63) is 39.7 Å². The number of halogens is 1. The van der Waals surface area contributed by atoms with Crippen LogP contribution in [-0.2, 0) is 13.7 Å². The quantitative estimate of drug-likeness (QED) is 0.814. The molecule has 78 valence electrons. The van der Waals surface area contributed by atoms with Crippen LogP contribution in [0, 0.1) is 3.57 Å². The van der Waals surface area contributed by atoms with E-state index < -0.39 is 0 Å². The van der Waals surface area contributed by atoms with Gasteiger partial charge in [-0.15, -0.1) is 5.10 Å². The molecule has 4 nitrogen and oxygen atoms in total. The summed E-state index contributed by atoms with van der Waals surface area (Å²) in [6, 6.07) is 7.90. The van der Waals surface area contributed by atoms with E-state index >= 15 is 0 Å². The van der Waals surface area contributed by atoms with Crippen molar-refractivity contribution in [3.63, 3.8) is 0 Å². The zero-order chi connectivity index (χ0) is 10.7. The second-order valence-electron chi connectivity index (χ2n) is 3.13. The van der Waals surface area contributed by atoms with Gasteiger partial charge in [0.05, 0.1) is 6.20 Å². The molecule has 1 heterocycles. The molecule has 2 rings (SSSR count). The van der Waals surface area contributed by atoms with Gasteiger partial charge >= 0.3 is 0 Å². The number of ether oxygens (including phenoxy) is 1. The molecule has 0 saturated carbocycles. The minimum atomic E-state index is 0.452. The second kappa shape index (κ2) is 4.61. The monoisotopic (exact) mass is 315 g/mol. The third-order valence-electron chi connectivity index (χ3n) is 1.83. The van der Waals surface area contributed by atoms with E-state index in [1.165, 1.54) is 0 Å². The topological polar surface area (TPSA) is 39.9 Å². The van der Waals surface area contributed by atoms with Crippen molar-refractivity contribution >= 4 is 22.6 Å². The Labute approximate surface area is 101 Å². The minimum Gasteiger partial charge on any atom is -0.487 e. The van der Waals surface area contributed by atoms with Crippen LogP contribution in [0.25, 0.3) is 0 Å². The fraction of sp³-hybridized carbons (Fsp3) is 0.200. The van der Waals surface area contributed by atoms with E-state index in [0.29, 0.717) is 6.61 Å². The van der Waals surface area contributed by atoms with E-state index in [1.807, 2.05) is 37.5 Å². The third kappa shape index (κ3) is 2.92. The standard InChI is InChI=1S/C10H10IN3O/c1-14-6-9(12-13-14)7-15-10-4-2-3-8(11)5-10/h2-6H,7H2,1H3. The van der Waals surface area contributed by atoms with Crippen LogP contribution in [0.3, 0.4) is 0 Å². The molecule has 5 heteroatoms. The van der Waals surface area contributed by atoms with Crippen molar-refractivity contribution in [2.45, 2.75) is 6.61 Å². The van der Waals surface area contributed by atoms with Crippen molar-refractivity contribution < 1.29 is 4.74 Å². The molecule has 0 amide bonds. The molecule has 2 aromatic rings. The van der Waals surface area contributed by atoms with E-state index in [4.69, 9.17) is 4.74 Å². The summed E-state index contributed by atoms with van der Waals surface area (Å²) in [5.41, 5.74) is 0.830. The van der Waals surface area contributed by atoms with E-state index in [-0.39, 0.29) is 0 Å². The summed E-state index contributed by atoms with van der Waals surface area (Å²) in [5, 5.41) is 7.77. The smallest absolute Gasteiger partial charge is 0.134 e. The van der Waals surface area contributed by atoms with Crippen molar-refractivity contribution in [1.29, 1.82) is 0 Å². The summed E-state index contributed by atoms with van der Waals surface area (Å²) in [5.74, 6) is 0.854. The highest BCUT2D eigenvalue weighted by atomic mass is 127. The second-order valence-corrected chi connectivity index (χ2v) is 4.38. The van der Waals surface area contributed by atoms with Gasteiger partial charge in [-0.05, 0) is 40.8 Å². The van der Waals surface area contributed by atoms with Crippen LogP contribution in [0.2, 0.25) is 0 Å². The Hall–Kier alpha value is -1.11. The molecule has 0 radical (unpaired) electrons. The van der Waals surface area contributed by atoms with Crippen molar-refractivity contribution in [2.75, 3.05) is 0 Å². The average Bonchev–Trinajstić information content (AvgIpc) is 2.62. The average molecular weight is 315 g/mol. The van der Waals surface area contributed by atoms with Gasteiger partial charge in [0.1, 0.15) is 18.1 Å². The van der Waals surface area contributed by atoms with Crippen LogP contribution >= 0.6 is 22.6 Å². The molecule has 0 N–H and O–H groups in total. The van der Waals surface area contributed by atoms with Crippen LogP contribution in [0.5, 0.6) is 5.75 Å². The highest BCUT2D eigenvalue weighted by molar-refractivity contribution is 14.1. The Balaban J connectivity index is 1.99. The summed E-state index contributed by atoms with van der Waals surface area (Å²) >= 11 is 2.25. The first kappa shape index (κ1) is 10.4. The van der Waals surface area contributed by atoms with Gasteiger partial charge in [-0.3, -0.25) is 4.68 Å². The van der Waals surface area contributed by atoms with Gasteiger partial charge in [0.2, 0.25) is 0 Å². The predicted molar refractivity (Wildman–Crippen MR) is 64.5 cm³/mol. The number of hydrogen-bond donors (Lipinski definition) is 0. The summed E-state index contributed by atoms with van der Waals surface area (Å²) in [7, 11) is 1.84. The van der Waals surface area contributed by atoms with Crippen LogP contribution in [0.4, 0.5) is 0 Å². The Morgan fingerprint density at radius 1 is 1.47 bits per heavy atom. The predicted octanol–water partition coefficient (Wildman–Crippen LogP) is 2.00. The van der Waals surface area contributed by atoms with E-state index in [0.717, 1.165) is 15.0 Å². The molecule has 1 aromatic carbocycles. The Kier molecular flexibility index (Phi) is 3.20. The van der Waals surface area contributed by atoms with Crippen LogP contribution in [0.15, 0.2) is 30.5 Å². The number of benzene rings is 1. The first-order valence-electron chi connectivity index (χ1n) is 4.47.